The summed E-state index contributed by atoms with van der Waals surface area (Å²) in [7, 11) is 0. The van der Waals surface area contributed by atoms with E-state index in [2.05, 4.69) is 44.2 Å². The van der Waals surface area contributed by atoms with Crippen molar-refractivity contribution in [3.05, 3.63) is 42.5 Å². The summed E-state index contributed by atoms with van der Waals surface area (Å²) in [5.41, 5.74) is 1.54. The molecule has 0 aliphatic carbocycles. The van der Waals surface area contributed by atoms with E-state index in [1.54, 1.807) is 6.08 Å². The third kappa shape index (κ3) is 9.27. The fourth-order valence-corrected chi connectivity index (χ4v) is 1.40. The first-order valence-corrected chi connectivity index (χ1v) is 7.47. The van der Waals surface area contributed by atoms with Crippen molar-refractivity contribution in [2.45, 2.75) is 39.2 Å². The zero-order chi connectivity index (χ0) is 15.7. The molecule has 3 nitrogen and oxygen atoms in total. The van der Waals surface area contributed by atoms with Crippen LogP contribution in [0.25, 0.3) is 0 Å². The average Bonchev–Trinajstić information content (AvgIpc) is 3.31. The van der Waals surface area contributed by atoms with E-state index in [4.69, 9.17) is 9.47 Å². The lowest BCUT2D eigenvalue weighted by Crippen LogP contribution is -2.11. The lowest BCUT2D eigenvalue weighted by molar-refractivity contribution is 0.263. The summed E-state index contributed by atoms with van der Waals surface area (Å²) in [4.78, 5) is 0. The van der Waals surface area contributed by atoms with Crippen molar-refractivity contribution in [2.24, 2.45) is 0 Å². The monoisotopic (exact) mass is 292 g/mol. The number of benzene rings is 1. The van der Waals surface area contributed by atoms with Gasteiger partial charge in [0.05, 0.1) is 19.8 Å². The maximum atomic E-state index is 5.57. The van der Waals surface area contributed by atoms with Crippen LogP contribution in [-0.4, -0.2) is 32.5 Å². The van der Waals surface area contributed by atoms with Gasteiger partial charge in [-0.1, -0.05) is 39.0 Å². The van der Waals surface area contributed by atoms with E-state index in [1.165, 1.54) is 5.56 Å². The Morgan fingerprint density at radius 3 is 2.05 bits per heavy atom. The van der Waals surface area contributed by atoms with E-state index < -0.39 is 0 Å². The fourth-order valence-electron chi connectivity index (χ4n) is 1.40. The number of ether oxygens (including phenoxy) is 3. The molecule has 1 unspecified atom stereocenters. The van der Waals surface area contributed by atoms with Crippen LogP contribution in [0, 0.1) is 0 Å². The third-order valence-electron chi connectivity index (χ3n) is 2.76. The number of allylic oxidation sites excluding steroid dienone is 1. The van der Waals surface area contributed by atoms with E-state index in [0.29, 0.717) is 12.7 Å². The molecule has 2 fully saturated rings. The van der Waals surface area contributed by atoms with Crippen LogP contribution in [0.15, 0.2) is 36.9 Å². The SMILES string of the molecule is C1CO1.C=CC.CC(C)(C)c1ccc(OCC2CO2)cc1. The molecular formula is C18H28O3. The first kappa shape index (κ1) is 17.7. The second-order valence-corrected chi connectivity index (χ2v) is 6.06. The maximum absolute atomic E-state index is 5.57. The molecule has 2 heterocycles. The zero-order valence-corrected chi connectivity index (χ0v) is 13.7. The second kappa shape index (κ2) is 8.85. The minimum atomic E-state index is 0.206. The van der Waals surface area contributed by atoms with E-state index in [-0.39, 0.29) is 5.41 Å². The number of rotatable bonds is 3. The van der Waals surface area contributed by atoms with E-state index in [9.17, 15) is 0 Å². The average molecular weight is 292 g/mol. The van der Waals surface area contributed by atoms with Crippen molar-refractivity contribution in [3.63, 3.8) is 0 Å². The van der Waals surface area contributed by atoms with Gasteiger partial charge in [-0.05, 0) is 30.0 Å². The van der Waals surface area contributed by atoms with Gasteiger partial charge in [0, 0.05) is 0 Å². The van der Waals surface area contributed by atoms with E-state index in [1.807, 2.05) is 19.1 Å². The van der Waals surface area contributed by atoms with Crippen molar-refractivity contribution in [1.82, 2.24) is 0 Å². The summed E-state index contributed by atoms with van der Waals surface area (Å²) < 4.78 is 15.2. The van der Waals surface area contributed by atoms with Crippen LogP contribution in [-0.2, 0) is 14.9 Å². The van der Waals surface area contributed by atoms with Gasteiger partial charge in [0.25, 0.3) is 0 Å². The van der Waals surface area contributed by atoms with Gasteiger partial charge in [0.15, 0.2) is 0 Å². The molecule has 21 heavy (non-hydrogen) atoms. The predicted octanol–water partition coefficient (Wildman–Crippen LogP) is 3.97. The Balaban J connectivity index is 0.000000309. The van der Waals surface area contributed by atoms with Gasteiger partial charge in [0.1, 0.15) is 18.5 Å². The quantitative estimate of drug-likeness (QED) is 0.624. The smallest absolute Gasteiger partial charge is 0.119 e. The Bertz CT molecular complexity index is 395. The molecule has 0 aromatic heterocycles. The Kier molecular flexibility index (Phi) is 7.48. The molecule has 0 saturated carbocycles. The molecule has 0 bridgehead atoms. The maximum Gasteiger partial charge on any atom is 0.119 e. The van der Waals surface area contributed by atoms with Gasteiger partial charge in [-0.3, -0.25) is 0 Å². The van der Waals surface area contributed by atoms with Crippen LogP contribution in [0.5, 0.6) is 5.75 Å². The highest BCUT2D eigenvalue weighted by Crippen LogP contribution is 2.24. The van der Waals surface area contributed by atoms with Gasteiger partial charge in [0.2, 0.25) is 0 Å². The molecule has 0 N–H and O–H groups in total. The van der Waals surface area contributed by atoms with E-state index in [0.717, 1.165) is 25.6 Å². The summed E-state index contributed by atoms with van der Waals surface area (Å²) in [6.07, 6.45) is 2.08. The van der Waals surface area contributed by atoms with Crippen LogP contribution in [0.4, 0.5) is 0 Å². The van der Waals surface area contributed by atoms with Crippen molar-refractivity contribution >= 4 is 0 Å². The van der Waals surface area contributed by atoms with Crippen molar-refractivity contribution in [2.75, 3.05) is 26.4 Å². The van der Waals surface area contributed by atoms with Gasteiger partial charge < -0.3 is 14.2 Å². The molecular weight excluding hydrogens is 264 g/mol. The van der Waals surface area contributed by atoms with Crippen molar-refractivity contribution < 1.29 is 14.2 Å². The fraction of sp³-hybridized carbons (Fsp3) is 0.556. The van der Waals surface area contributed by atoms with Gasteiger partial charge in [-0.25, -0.2) is 0 Å². The van der Waals surface area contributed by atoms with Crippen LogP contribution in [0.2, 0.25) is 0 Å². The van der Waals surface area contributed by atoms with Crippen LogP contribution in [0.1, 0.15) is 33.3 Å². The van der Waals surface area contributed by atoms with Crippen molar-refractivity contribution in [1.29, 1.82) is 0 Å². The second-order valence-electron chi connectivity index (χ2n) is 6.06. The molecule has 2 saturated heterocycles. The molecule has 0 spiro atoms. The Morgan fingerprint density at radius 2 is 1.71 bits per heavy atom. The van der Waals surface area contributed by atoms with E-state index >= 15 is 0 Å². The normalized spacial score (nSPS) is 18.4. The number of hydrogen-bond acceptors (Lipinski definition) is 3. The standard InChI is InChI=1S/C13H18O2.C3H6.C2H4O/c1-13(2,3)10-4-6-11(7-5-10)14-8-12-9-15-12;1-3-2;1-2-3-1/h4-7,12H,8-9H2,1-3H3;3H,1H2,2H3;1-2H2. The minimum absolute atomic E-state index is 0.206. The highest BCUT2D eigenvalue weighted by molar-refractivity contribution is 5.31. The highest BCUT2D eigenvalue weighted by atomic mass is 16.6. The highest BCUT2D eigenvalue weighted by Gasteiger charge is 2.23. The molecule has 118 valence electrons. The molecule has 1 atom stereocenters. The first-order chi connectivity index (χ1) is 9.97. The molecule has 3 rings (SSSR count). The van der Waals surface area contributed by atoms with Crippen LogP contribution < -0.4 is 4.74 Å². The molecule has 0 amide bonds. The van der Waals surface area contributed by atoms with Crippen molar-refractivity contribution in [3.8, 4) is 5.75 Å². The molecule has 2 aliphatic heterocycles. The summed E-state index contributed by atoms with van der Waals surface area (Å²) >= 11 is 0. The summed E-state index contributed by atoms with van der Waals surface area (Å²) in [5.74, 6) is 0.929. The van der Waals surface area contributed by atoms with Gasteiger partial charge in [-0.15, -0.1) is 6.58 Å². The predicted molar refractivity (Wildman–Crippen MR) is 87.1 cm³/mol. The number of epoxide rings is 2. The molecule has 1 aromatic rings. The minimum Gasteiger partial charge on any atom is -0.491 e. The van der Waals surface area contributed by atoms with Crippen LogP contribution >= 0.6 is 0 Å². The van der Waals surface area contributed by atoms with Crippen LogP contribution in [0.3, 0.4) is 0 Å². The Morgan fingerprint density at radius 1 is 1.24 bits per heavy atom. The third-order valence-corrected chi connectivity index (χ3v) is 2.76. The molecule has 1 aromatic carbocycles. The molecule has 0 radical (unpaired) electrons. The molecule has 2 aliphatic rings. The summed E-state index contributed by atoms with van der Waals surface area (Å²) in [6.45, 7) is 15.4. The van der Waals surface area contributed by atoms with Gasteiger partial charge >= 0.3 is 0 Å². The lowest BCUT2D eigenvalue weighted by atomic mass is 9.87. The topological polar surface area (TPSA) is 34.3 Å². The lowest BCUT2D eigenvalue weighted by Gasteiger charge is -2.19. The zero-order valence-electron chi connectivity index (χ0n) is 13.7. The summed E-state index contributed by atoms with van der Waals surface area (Å²) in [5, 5.41) is 0. The molecule has 3 heteroatoms. The first-order valence-electron chi connectivity index (χ1n) is 7.47. The van der Waals surface area contributed by atoms with Gasteiger partial charge in [-0.2, -0.15) is 0 Å². The summed E-state index contributed by atoms with van der Waals surface area (Å²) in [6, 6.07) is 8.32. The largest absolute Gasteiger partial charge is 0.491 e. The Hall–Kier alpha value is -1.32. The Labute approximate surface area is 128 Å². The number of hydrogen-bond donors (Lipinski definition) is 0.